The number of piperazine rings is 1. The van der Waals surface area contributed by atoms with Crippen molar-refractivity contribution in [3.05, 3.63) is 29.8 Å². The fraction of sp³-hybridized carbons (Fsp3) is 0.529. The van der Waals surface area contributed by atoms with Gasteiger partial charge in [-0.2, -0.15) is 17.5 Å². The van der Waals surface area contributed by atoms with Crippen molar-refractivity contribution >= 4 is 21.9 Å². The lowest BCUT2D eigenvalue weighted by molar-refractivity contribution is -0.251. The van der Waals surface area contributed by atoms with Gasteiger partial charge in [0, 0.05) is 25.2 Å². The number of carbonyl (C=O) groups excluding carboxylic acids is 1. The molecule has 29 heavy (non-hydrogen) atoms. The van der Waals surface area contributed by atoms with Gasteiger partial charge in [0.05, 0.1) is 10.5 Å². The van der Waals surface area contributed by atoms with Crippen LogP contribution in [0.1, 0.15) is 31.1 Å². The predicted octanol–water partition coefficient (Wildman–Crippen LogP) is 1.31. The molecule has 0 saturated carbocycles. The van der Waals surface area contributed by atoms with Crippen LogP contribution in [0.25, 0.3) is 0 Å². The van der Waals surface area contributed by atoms with Gasteiger partial charge < -0.3 is 15.1 Å². The first-order valence-corrected chi connectivity index (χ1v) is 10.00. The second-order valence-electron chi connectivity index (χ2n) is 7.13. The van der Waals surface area contributed by atoms with Crippen molar-refractivity contribution in [1.82, 2.24) is 9.21 Å². The van der Waals surface area contributed by atoms with Gasteiger partial charge in [-0.15, -0.1) is 0 Å². The number of amides is 1. The second-order valence-corrected chi connectivity index (χ2v) is 9.02. The van der Waals surface area contributed by atoms with E-state index in [1.807, 2.05) is 0 Å². The summed E-state index contributed by atoms with van der Waals surface area (Å²) < 4.78 is 65.8. The van der Waals surface area contributed by atoms with Gasteiger partial charge in [-0.1, -0.05) is 0 Å². The average Bonchev–Trinajstić information content (AvgIpc) is 2.61. The molecule has 1 aromatic carbocycles. The lowest BCUT2D eigenvalue weighted by Crippen LogP contribution is -2.65. The summed E-state index contributed by atoms with van der Waals surface area (Å²) in [6, 6.07) is 2.71. The van der Waals surface area contributed by atoms with Crippen LogP contribution in [0.4, 0.5) is 13.2 Å². The summed E-state index contributed by atoms with van der Waals surface area (Å²) in [5.74, 6) is -2.77. The van der Waals surface area contributed by atoms with Gasteiger partial charge in [-0.05, 0) is 45.0 Å². The average molecular weight is 438 g/mol. The monoisotopic (exact) mass is 438 g/mol. The molecule has 1 aromatic rings. The van der Waals surface area contributed by atoms with E-state index in [9.17, 15) is 36.3 Å². The van der Waals surface area contributed by atoms with Crippen LogP contribution in [0.3, 0.4) is 0 Å². The molecule has 1 fully saturated rings. The fourth-order valence-electron chi connectivity index (χ4n) is 3.02. The van der Waals surface area contributed by atoms with Crippen LogP contribution in [-0.2, 0) is 14.8 Å². The third-order valence-corrected chi connectivity index (χ3v) is 6.86. The predicted molar refractivity (Wildman–Crippen MR) is 94.6 cm³/mol. The number of benzene rings is 1. The minimum atomic E-state index is -5.18. The Labute approximate surface area is 165 Å². The van der Waals surface area contributed by atoms with Gasteiger partial charge in [0.15, 0.2) is 0 Å². The number of rotatable bonds is 4. The highest BCUT2D eigenvalue weighted by molar-refractivity contribution is 7.89. The van der Waals surface area contributed by atoms with Crippen LogP contribution in [0, 0.1) is 0 Å². The normalized spacial score (nSPS) is 23.5. The number of nitrogens with zero attached hydrogens (tertiary/aromatic N) is 2. The molecule has 1 amide bonds. The van der Waals surface area contributed by atoms with Crippen LogP contribution in [-0.4, -0.2) is 76.7 Å². The number of sulfonamides is 1. The summed E-state index contributed by atoms with van der Waals surface area (Å²) in [5, 5.41) is 18.6. The maximum absolute atomic E-state index is 13.0. The number of hydrogen-bond donors (Lipinski definition) is 2. The first-order valence-electron chi connectivity index (χ1n) is 8.56. The number of carbonyl (C=O) groups is 2. The molecule has 8 nitrogen and oxygen atoms in total. The summed E-state index contributed by atoms with van der Waals surface area (Å²) in [6.45, 7) is 2.53. The van der Waals surface area contributed by atoms with Gasteiger partial charge in [-0.3, -0.25) is 4.79 Å². The molecule has 162 valence electrons. The zero-order chi connectivity index (χ0) is 22.4. The number of carboxylic acids is 1. The molecule has 0 bridgehead atoms. The van der Waals surface area contributed by atoms with Crippen LogP contribution in [0.2, 0.25) is 0 Å². The maximum Gasteiger partial charge on any atom is 0.426 e. The third-order valence-electron chi connectivity index (χ3n) is 4.87. The summed E-state index contributed by atoms with van der Waals surface area (Å²) in [4.78, 5) is 23.8. The van der Waals surface area contributed by atoms with Gasteiger partial charge in [0.2, 0.25) is 15.6 Å². The van der Waals surface area contributed by atoms with E-state index in [1.54, 1.807) is 0 Å². The fourth-order valence-corrected chi connectivity index (χ4v) is 4.72. The number of hydrogen-bond acceptors (Lipinski definition) is 5. The zero-order valence-corrected chi connectivity index (χ0v) is 16.7. The molecule has 1 aliphatic rings. The van der Waals surface area contributed by atoms with E-state index in [-0.39, 0.29) is 23.5 Å². The van der Waals surface area contributed by atoms with Gasteiger partial charge >= 0.3 is 12.1 Å². The molecule has 1 aliphatic heterocycles. The maximum atomic E-state index is 13.0. The Kier molecular flexibility index (Phi) is 6.04. The van der Waals surface area contributed by atoms with Gasteiger partial charge in [0.25, 0.3) is 5.91 Å². The SMILES string of the molecule is C[C@@H]1CN(C(=O)C(C)(O)C(F)(F)F)[C@@H](C)CN1S(=O)(=O)c1ccc(C(=O)O)cc1. The number of aliphatic hydroxyl groups is 1. The lowest BCUT2D eigenvalue weighted by Gasteiger charge is -2.45. The Morgan fingerprint density at radius 1 is 1.07 bits per heavy atom. The van der Waals surface area contributed by atoms with Crippen LogP contribution in [0.5, 0.6) is 0 Å². The van der Waals surface area contributed by atoms with Crippen LogP contribution in [0.15, 0.2) is 29.2 Å². The Bertz CT molecular complexity index is 899. The topological polar surface area (TPSA) is 115 Å². The highest BCUT2D eigenvalue weighted by Gasteiger charge is 2.58. The van der Waals surface area contributed by atoms with Crippen molar-refractivity contribution in [3.63, 3.8) is 0 Å². The summed E-state index contributed by atoms with van der Waals surface area (Å²) >= 11 is 0. The third kappa shape index (κ3) is 4.23. The van der Waals surface area contributed by atoms with E-state index in [0.29, 0.717) is 6.92 Å². The Hall–Kier alpha value is -2.18. The standard InChI is InChI=1S/C17H21F3N2O6S/c1-10-9-22(29(27,28)13-6-4-12(5-7-13)14(23)24)11(2)8-21(10)15(25)16(3,26)17(18,19)20/h4-7,10-11,26H,8-9H2,1-3H3,(H,23,24)/t10-,11+,16?/m0/s1. The van der Waals surface area contributed by atoms with E-state index in [4.69, 9.17) is 5.11 Å². The Morgan fingerprint density at radius 2 is 1.59 bits per heavy atom. The van der Waals surface area contributed by atoms with Crippen molar-refractivity contribution in [3.8, 4) is 0 Å². The molecule has 12 heteroatoms. The quantitative estimate of drug-likeness (QED) is 0.733. The molecule has 3 atom stereocenters. The molecule has 0 aliphatic carbocycles. The van der Waals surface area contributed by atoms with Crippen LogP contribution < -0.4 is 0 Å². The Balaban J connectivity index is 2.27. The second kappa shape index (κ2) is 7.58. The first kappa shape index (κ1) is 23.1. The lowest BCUT2D eigenvalue weighted by atomic mass is 10.0. The highest BCUT2D eigenvalue weighted by atomic mass is 32.2. The summed E-state index contributed by atoms with van der Waals surface area (Å²) in [5.41, 5.74) is -3.69. The van der Waals surface area contributed by atoms with Crippen molar-refractivity contribution in [1.29, 1.82) is 0 Å². The molecule has 2 N–H and O–H groups in total. The van der Waals surface area contributed by atoms with E-state index in [1.165, 1.54) is 13.8 Å². The molecule has 1 saturated heterocycles. The van der Waals surface area contributed by atoms with E-state index >= 15 is 0 Å². The largest absolute Gasteiger partial charge is 0.478 e. The van der Waals surface area contributed by atoms with E-state index < -0.39 is 45.8 Å². The van der Waals surface area contributed by atoms with E-state index in [0.717, 1.165) is 33.5 Å². The molecular weight excluding hydrogens is 417 g/mol. The van der Waals surface area contributed by atoms with Crippen molar-refractivity contribution in [2.75, 3.05) is 13.1 Å². The smallest absolute Gasteiger partial charge is 0.426 e. The van der Waals surface area contributed by atoms with Gasteiger partial charge in [0.1, 0.15) is 0 Å². The number of carboxylic acid groups (broad SMARTS) is 1. The summed E-state index contributed by atoms with van der Waals surface area (Å²) in [6.07, 6.45) is -5.18. The highest BCUT2D eigenvalue weighted by Crippen LogP contribution is 2.34. The molecule has 2 rings (SSSR count). The van der Waals surface area contributed by atoms with Gasteiger partial charge in [-0.25, -0.2) is 13.2 Å². The Morgan fingerprint density at radius 3 is 2.03 bits per heavy atom. The molecule has 0 spiro atoms. The number of halogens is 3. The summed E-state index contributed by atoms with van der Waals surface area (Å²) in [7, 11) is -4.08. The molecule has 0 aromatic heterocycles. The first-order chi connectivity index (χ1) is 13.1. The molecular formula is C17H21F3N2O6S. The number of alkyl halides is 3. The molecule has 0 radical (unpaired) electrons. The van der Waals surface area contributed by atoms with Crippen molar-refractivity contribution < 1.29 is 41.4 Å². The van der Waals surface area contributed by atoms with Crippen molar-refractivity contribution in [2.24, 2.45) is 0 Å². The zero-order valence-electron chi connectivity index (χ0n) is 15.8. The minimum Gasteiger partial charge on any atom is -0.478 e. The van der Waals surface area contributed by atoms with E-state index in [2.05, 4.69) is 0 Å². The minimum absolute atomic E-state index is 0.102. The van der Waals surface area contributed by atoms with Crippen LogP contribution >= 0.6 is 0 Å². The molecule has 1 heterocycles. The van der Waals surface area contributed by atoms with Crippen molar-refractivity contribution in [2.45, 2.75) is 49.5 Å². The number of aromatic carboxylic acids is 1. The molecule has 1 unspecified atom stereocenters.